The number of nitrogens with one attached hydrogen (secondary N) is 2. The number of furan rings is 1. The van der Waals surface area contributed by atoms with E-state index in [1.807, 2.05) is 48.6 Å². The Hall–Kier alpha value is -3.87. The minimum Gasteiger partial charge on any atom is -0.472 e. The highest BCUT2D eigenvalue weighted by Gasteiger charge is 2.17. The topological polar surface area (TPSA) is 88.2 Å². The van der Waals surface area contributed by atoms with Gasteiger partial charge in [-0.2, -0.15) is 5.10 Å². The van der Waals surface area contributed by atoms with Gasteiger partial charge in [-0.15, -0.1) is 0 Å². The second-order valence-corrected chi connectivity index (χ2v) is 6.77. The number of aromatic nitrogens is 4. The number of amides is 1. The molecule has 0 atom stereocenters. The van der Waals surface area contributed by atoms with E-state index in [1.165, 1.54) is 0 Å². The maximum absolute atomic E-state index is 13.0. The number of aryl methyl sites for hydroxylation is 2. The van der Waals surface area contributed by atoms with Crippen molar-refractivity contribution in [1.82, 2.24) is 19.6 Å². The van der Waals surface area contributed by atoms with Crippen LogP contribution in [0.4, 0.5) is 5.69 Å². The van der Waals surface area contributed by atoms with E-state index in [0.717, 1.165) is 38.9 Å². The molecule has 7 nitrogen and oxygen atoms in total. The van der Waals surface area contributed by atoms with Gasteiger partial charge in [0.05, 0.1) is 41.6 Å². The Kier molecular flexibility index (Phi) is 3.55. The molecule has 0 radical (unpaired) electrons. The van der Waals surface area contributed by atoms with Crippen LogP contribution in [0, 0.1) is 13.8 Å². The second-order valence-electron chi connectivity index (χ2n) is 6.77. The number of H-pyrrole nitrogens is 1. The van der Waals surface area contributed by atoms with Crippen molar-refractivity contribution in [3.63, 3.8) is 0 Å². The number of carbonyl (C=O) groups is 1. The van der Waals surface area contributed by atoms with Crippen LogP contribution in [0.15, 0.2) is 59.8 Å². The van der Waals surface area contributed by atoms with Gasteiger partial charge in [-0.25, -0.2) is 4.98 Å². The first-order chi connectivity index (χ1) is 13.6. The SMILES string of the molecule is Cc1cc2cncn2c(C)c1C(=O)Nc1ccc2[nH]nc(-c3ccoc3)c2c1. The van der Waals surface area contributed by atoms with E-state index in [-0.39, 0.29) is 5.91 Å². The molecular formula is C21H17N5O2. The Labute approximate surface area is 160 Å². The lowest BCUT2D eigenvalue weighted by molar-refractivity contribution is 0.102. The van der Waals surface area contributed by atoms with Gasteiger partial charge in [0.2, 0.25) is 0 Å². The molecule has 138 valence electrons. The van der Waals surface area contributed by atoms with Crippen molar-refractivity contribution in [1.29, 1.82) is 0 Å². The van der Waals surface area contributed by atoms with E-state index in [2.05, 4.69) is 20.5 Å². The van der Waals surface area contributed by atoms with Crippen molar-refractivity contribution in [2.75, 3.05) is 5.32 Å². The number of nitrogens with zero attached hydrogens (tertiary/aromatic N) is 3. The van der Waals surface area contributed by atoms with Crippen LogP contribution in [0.3, 0.4) is 0 Å². The zero-order valence-electron chi connectivity index (χ0n) is 15.4. The first kappa shape index (κ1) is 16.3. The fourth-order valence-electron chi connectivity index (χ4n) is 3.64. The Balaban J connectivity index is 1.53. The number of carbonyl (C=O) groups excluding carboxylic acids is 1. The Morgan fingerprint density at radius 3 is 2.93 bits per heavy atom. The van der Waals surface area contributed by atoms with E-state index in [4.69, 9.17) is 4.42 Å². The largest absolute Gasteiger partial charge is 0.472 e. The van der Waals surface area contributed by atoms with Gasteiger partial charge in [-0.05, 0) is 49.7 Å². The standard InChI is InChI=1S/C21H17N5O2/c1-12-7-16-9-22-11-26(16)13(2)19(12)21(27)23-15-3-4-18-17(8-15)20(25-24-18)14-5-6-28-10-14/h3-11H,1-2H3,(H,23,27)(H,24,25). The highest BCUT2D eigenvalue weighted by Crippen LogP contribution is 2.29. The zero-order chi connectivity index (χ0) is 19.3. The number of pyridine rings is 1. The van der Waals surface area contributed by atoms with E-state index in [9.17, 15) is 4.79 Å². The number of benzene rings is 1. The molecule has 7 heteroatoms. The lowest BCUT2D eigenvalue weighted by atomic mass is 10.1. The van der Waals surface area contributed by atoms with Gasteiger partial charge in [0, 0.05) is 22.3 Å². The minimum atomic E-state index is -0.154. The number of imidazole rings is 1. The molecule has 28 heavy (non-hydrogen) atoms. The Bertz CT molecular complexity index is 1330. The smallest absolute Gasteiger partial charge is 0.257 e. The molecule has 0 aliphatic carbocycles. The van der Waals surface area contributed by atoms with Crippen molar-refractivity contribution in [3.05, 3.63) is 72.2 Å². The molecule has 1 aromatic carbocycles. The predicted molar refractivity (Wildman–Crippen MR) is 106 cm³/mol. The summed E-state index contributed by atoms with van der Waals surface area (Å²) in [4.78, 5) is 17.2. The number of hydrogen-bond acceptors (Lipinski definition) is 4. The summed E-state index contributed by atoms with van der Waals surface area (Å²) in [6.45, 7) is 3.86. The van der Waals surface area contributed by atoms with Crippen molar-refractivity contribution in [3.8, 4) is 11.3 Å². The molecule has 0 aliphatic heterocycles. The molecule has 0 spiro atoms. The summed E-state index contributed by atoms with van der Waals surface area (Å²) in [6.07, 6.45) is 6.76. The Morgan fingerprint density at radius 2 is 2.11 bits per heavy atom. The molecule has 4 aromatic heterocycles. The van der Waals surface area contributed by atoms with Crippen molar-refractivity contribution >= 4 is 28.0 Å². The van der Waals surface area contributed by atoms with Gasteiger partial charge in [-0.3, -0.25) is 9.89 Å². The summed E-state index contributed by atoms with van der Waals surface area (Å²) in [7, 11) is 0. The van der Waals surface area contributed by atoms with Crippen molar-refractivity contribution < 1.29 is 9.21 Å². The van der Waals surface area contributed by atoms with Crippen LogP contribution in [-0.2, 0) is 0 Å². The molecule has 0 fully saturated rings. The number of fused-ring (bicyclic) bond motifs is 2. The fourth-order valence-corrected chi connectivity index (χ4v) is 3.64. The van der Waals surface area contributed by atoms with E-state index < -0.39 is 0 Å². The molecule has 5 aromatic rings. The number of hydrogen-bond donors (Lipinski definition) is 2. The summed E-state index contributed by atoms with van der Waals surface area (Å²) >= 11 is 0. The van der Waals surface area contributed by atoms with E-state index >= 15 is 0 Å². The maximum Gasteiger partial charge on any atom is 0.257 e. The van der Waals surface area contributed by atoms with Crippen LogP contribution in [0.2, 0.25) is 0 Å². The normalized spacial score (nSPS) is 11.4. The van der Waals surface area contributed by atoms with Gasteiger partial charge in [-0.1, -0.05) is 0 Å². The third-order valence-corrected chi connectivity index (χ3v) is 4.99. The molecule has 5 rings (SSSR count). The van der Waals surface area contributed by atoms with E-state index in [0.29, 0.717) is 11.3 Å². The minimum absolute atomic E-state index is 0.154. The first-order valence-corrected chi connectivity index (χ1v) is 8.86. The highest BCUT2D eigenvalue weighted by molar-refractivity contribution is 6.07. The zero-order valence-corrected chi connectivity index (χ0v) is 15.4. The third-order valence-electron chi connectivity index (χ3n) is 4.99. The number of aromatic amines is 1. The fraction of sp³-hybridized carbons (Fsp3) is 0.0952. The molecule has 1 amide bonds. The number of rotatable bonds is 3. The summed E-state index contributed by atoms with van der Waals surface area (Å²) in [6, 6.07) is 9.50. The molecule has 0 saturated carbocycles. The van der Waals surface area contributed by atoms with Crippen LogP contribution in [0.5, 0.6) is 0 Å². The molecule has 0 saturated heterocycles. The van der Waals surface area contributed by atoms with Crippen molar-refractivity contribution in [2.45, 2.75) is 13.8 Å². The number of anilines is 1. The quantitative estimate of drug-likeness (QED) is 0.494. The lowest BCUT2D eigenvalue weighted by Crippen LogP contribution is -2.16. The predicted octanol–water partition coefficient (Wildman–Crippen LogP) is 4.34. The molecule has 0 bridgehead atoms. The van der Waals surface area contributed by atoms with Crippen molar-refractivity contribution in [2.24, 2.45) is 0 Å². The van der Waals surface area contributed by atoms with Crippen LogP contribution in [-0.4, -0.2) is 25.5 Å². The van der Waals surface area contributed by atoms with Gasteiger partial charge >= 0.3 is 0 Å². The first-order valence-electron chi connectivity index (χ1n) is 8.86. The Morgan fingerprint density at radius 1 is 1.21 bits per heavy atom. The highest BCUT2D eigenvalue weighted by atomic mass is 16.3. The van der Waals surface area contributed by atoms with Crippen LogP contribution in [0.25, 0.3) is 27.7 Å². The molecule has 0 unspecified atom stereocenters. The second kappa shape index (κ2) is 6.09. The molecule has 4 heterocycles. The molecule has 2 N–H and O–H groups in total. The third kappa shape index (κ3) is 2.48. The van der Waals surface area contributed by atoms with Gasteiger partial charge < -0.3 is 14.1 Å². The van der Waals surface area contributed by atoms with Crippen LogP contribution < -0.4 is 5.32 Å². The van der Waals surface area contributed by atoms with Crippen LogP contribution in [0.1, 0.15) is 21.6 Å². The van der Waals surface area contributed by atoms with E-state index in [1.54, 1.807) is 25.1 Å². The van der Waals surface area contributed by atoms with Gasteiger partial charge in [0.25, 0.3) is 5.91 Å². The van der Waals surface area contributed by atoms with Gasteiger partial charge in [0.1, 0.15) is 5.69 Å². The summed E-state index contributed by atoms with van der Waals surface area (Å²) in [5, 5.41) is 11.3. The summed E-state index contributed by atoms with van der Waals surface area (Å²) in [5.74, 6) is -0.154. The summed E-state index contributed by atoms with van der Waals surface area (Å²) in [5.41, 5.74) is 6.64. The summed E-state index contributed by atoms with van der Waals surface area (Å²) < 4.78 is 7.08. The van der Waals surface area contributed by atoms with Gasteiger partial charge in [0.15, 0.2) is 0 Å². The maximum atomic E-state index is 13.0. The average molecular weight is 371 g/mol. The lowest BCUT2D eigenvalue weighted by Gasteiger charge is -2.13. The molecule has 0 aliphatic rings. The average Bonchev–Trinajstić information content (AvgIpc) is 3.41. The van der Waals surface area contributed by atoms with Crippen LogP contribution >= 0.6 is 0 Å². The monoisotopic (exact) mass is 371 g/mol. The molecular weight excluding hydrogens is 354 g/mol.